The first kappa shape index (κ1) is 18.1. The zero-order valence-electron chi connectivity index (χ0n) is 13.3. The minimum absolute atomic E-state index is 0.0697. The maximum absolute atomic E-state index is 13.6. The van der Waals surface area contributed by atoms with Gasteiger partial charge in [0.1, 0.15) is 23.4 Å². The maximum atomic E-state index is 13.6. The Balaban J connectivity index is 1.53. The van der Waals surface area contributed by atoms with Crippen LogP contribution in [0.5, 0.6) is 5.88 Å². The van der Waals surface area contributed by atoms with Gasteiger partial charge in [-0.1, -0.05) is 12.1 Å². The number of carbonyl (C=O) groups is 1. The van der Waals surface area contributed by atoms with E-state index in [1.54, 1.807) is 0 Å². The molecule has 0 atom stereocenters. The lowest BCUT2D eigenvalue weighted by Gasteiger charge is -2.38. The zero-order chi connectivity index (χ0) is 18.9. The van der Waals surface area contributed by atoms with Crippen molar-refractivity contribution in [1.29, 1.82) is 0 Å². The van der Waals surface area contributed by atoms with Crippen LogP contribution >= 0.6 is 0 Å². The van der Waals surface area contributed by atoms with E-state index < -0.39 is 29.6 Å². The van der Waals surface area contributed by atoms with Gasteiger partial charge >= 0.3 is 6.18 Å². The first-order valence-corrected chi connectivity index (χ1v) is 7.65. The minimum Gasteiger partial charge on any atom is -0.471 e. The van der Waals surface area contributed by atoms with Crippen molar-refractivity contribution < 1.29 is 31.5 Å². The number of halogens is 5. The van der Waals surface area contributed by atoms with Gasteiger partial charge < -0.3 is 9.64 Å². The van der Waals surface area contributed by atoms with Gasteiger partial charge in [0.25, 0.3) is 0 Å². The normalized spacial score (nSPS) is 14.9. The number of rotatable bonds is 4. The number of hydrogen-bond donors (Lipinski definition) is 0. The average Bonchev–Trinajstić information content (AvgIpc) is 2.52. The van der Waals surface area contributed by atoms with E-state index in [4.69, 9.17) is 4.74 Å². The minimum atomic E-state index is -4.57. The fourth-order valence-electron chi connectivity index (χ4n) is 2.47. The Morgan fingerprint density at radius 3 is 2.58 bits per heavy atom. The fourth-order valence-corrected chi connectivity index (χ4v) is 2.47. The fraction of sp³-hybridized carbons (Fsp3) is 0.294. The summed E-state index contributed by atoms with van der Waals surface area (Å²) in [6, 6.07) is 6.28. The van der Waals surface area contributed by atoms with Crippen LogP contribution in [-0.4, -0.2) is 35.0 Å². The van der Waals surface area contributed by atoms with Crippen molar-refractivity contribution in [3.63, 3.8) is 0 Å². The molecule has 0 N–H and O–H groups in total. The summed E-state index contributed by atoms with van der Waals surface area (Å²) in [5.74, 6) is -2.10. The van der Waals surface area contributed by atoms with Crippen LogP contribution in [0.15, 0.2) is 36.4 Å². The molecule has 0 unspecified atom stereocenters. The predicted octanol–water partition coefficient (Wildman–Crippen LogP) is 3.21. The van der Waals surface area contributed by atoms with Crippen LogP contribution in [0.1, 0.15) is 11.3 Å². The molecular formula is C17H13F5N2O2. The lowest BCUT2D eigenvalue weighted by atomic mass is 10.1. The van der Waals surface area contributed by atoms with Crippen molar-refractivity contribution in [1.82, 2.24) is 9.88 Å². The van der Waals surface area contributed by atoms with Crippen molar-refractivity contribution >= 4 is 5.91 Å². The summed E-state index contributed by atoms with van der Waals surface area (Å²) < 4.78 is 69.6. The molecule has 0 spiro atoms. The van der Waals surface area contributed by atoms with E-state index in [2.05, 4.69) is 4.98 Å². The van der Waals surface area contributed by atoms with Crippen LogP contribution < -0.4 is 4.74 Å². The van der Waals surface area contributed by atoms with Crippen molar-refractivity contribution in [2.75, 3.05) is 13.1 Å². The highest BCUT2D eigenvalue weighted by Crippen LogP contribution is 2.29. The number of nitrogens with zero attached hydrogens (tertiary/aromatic N) is 2. The first-order chi connectivity index (χ1) is 12.2. The standard InChI is InChI=1S/C17H13F5N2O2/c18-11-5-4-10(13(19)7-11)6-16(25)24-8-12(9-24)26-15-3-1-2-14(23-15)17(20,21)22/h1-5,7,12H,6,8-9H2. The molecule has 4 nitrogen and oxygen atoms in total. The Hall–Kier alpha value is -2.71. The third-order valence-corrected chi connectivity index (χ3v) is 3.86. The molecule has 1 amide bonds. The second-order valence-corrected chi connectivity index (χ2v) is 5.81. The van der Waals surface area contributed by atoms with E-state index in [1.165, 1.54) is 23.1 Å². The first-order valence-electron chi connectivity index (χ1n) is 7.65. The second-order valence-electron chi connectivity index (χ2n) is 5.81. The summed E-state index contributed by atoms with van der Waals surface area (Å²) in [5.41, 5.74) is -0.991. The van der Waals surface area contributed by atoms with Gasteiger partial charge in [-0.2, -0.15) is 13.2 Å². The smallest absolute Gasteiger partial charge is 0.433 e. The molecule has 26 heavy (non-hydrogen) atoms. The number of likely N-dealkylation sites (tertiary alicyclic amines) is 1. The zero-order valence-corrected chi connectivity index (χ0v) is 13.3. The number of carbonyl (C=O) groups excluding carboxylic acids is 1. The molecule has 0 radical (unpaired) electrons. The van der Waals surface area contributed by atoms with Crippen molar-refractivity contribution in [3.05, 3.63) is 59.3 Å². The summed E-state index contributed by atoms with van der Waals surface area (Å²) in [6.07, 6.45) is -5.30. The van der Waals surface area contributed by atoms with Crippen LogP contribution in [0.2, 0.25) is 0 Å². The summed E-state index contributed by atoms with van der Waals surface area (Å²) in [7, 11) is 0. The summed E-state index contributed by atoms with van der Waals surface area (Å²) in [6.45, 7) is 0.305. The summed E-state index contributed by atoms with van der Waals surface area (Å²) >= 11 is 0. The van der Waals surface area contributed by atoms with Crippen LogP contribution in [0.3, 0.4) is 0 Å². The molecule has 1 aromatic carbocycles. The number of alkyl halides is 3. The quantitative estimate of drug-likeness (QED) is 0.774. The third-order valence-electron chi connectivity index (χ3n) is 3.86. The van der Waals surface area contributed by atoms with Gasteiger partial charge in [-0.3, -0.25) is 4.79 Å². The Labute approximate surface area is 145 Å². The Morgan fingerprint density at radius 2 is 1.92 bits per heavy atom. The van der Waals surface area contributed by atoms with E-state index in [9.17, 15) is 26.7 Å². The third kappa shape index (κ3) is 4.09. The molecule has 0 bridgehead atoms. The SMILES string of the molecule is O=C(Cc1ccc(F)cc1F)N1CC(Oc2cccc(C(F)(F)F)n2)C1. The van der Waals surface area contributed by atoms with Gasteiger partial charge in [0.15, 0.2) is 0 Å². The molecule has 0 saturated carbocycles. The van der Waals surface area contributed by atoms with Gasteiger partial charge in [-0.15, -0.1) is 0 Å². The van der Waals surface area contributed by atoms with E-state index in [0.29, 0.717) is 6.07 Å². The number of amides is 1. The van der Waals surface area contributed by atoms with Crippen LogP contribution in [0.25, 0.3) is 0 Å². The molecule has 0 aliphatic carbocycles. The lowest BCUT2D eigenvalue weighted by Crippen LogP contribution is -2.56. The Kier molecular flexibility index (Phi) is 4.80. The number of ether oxygens (including phenoxy) is 1. The molecule has 3 rings (SSSR count). The second kappa shape index (κ2) is 6.89. The molecule has 2 aromatic rings. The Bertz CT molecular complexity index is 819. The highest BCUT2D eigenvalue weighted by atomic mass is 19.4. The van der Waals surface area contributed by atoms with Gasteiger partial charge in [0.2, 0.25) is 11.8 Å². The molecule has 1 saturated heterocycles. The Morgan fingerprint density at radius 1 is 1.19 bits per heavy atom. The monoisotopic (exact) mass is 372 g/mol. The highest BCUT2D eigenvalue weighted by Gasteiger charge is 2.35. The van der Waals surface area contributed by atoms with E-state index >= 15 is 0 Å². The lowest BCUT2D eigenvalue weighted by molar-refractivity contribution is -0.142. The molecule has 1 aliphatic rings. The summed E-state index contributed by atoms with van der Waals surface area (Å²) in [4.78, 5) is 16.8. The van der Waals surface area contributed by atoms with Gasteiger partial charge in [-0.05, 0) is 17.7 Å². The molecular weight excluding hydrogens is 359 g/mol. The largest absolute Gasteiger partial charge is 0.471 e. The molecule has 1 aromatic heterocycles. The predicted molar refractivity (Wildman–Crippen MR) is 80.3 cm³/mol. The number of hydrogen-bond acceptors (Lipinski definition) is 3. The topological polar surface area (TPSA) is 42.4 Å². The van der Waals surface area contributed by atoms with Crippen LogP contribution in [0, 0.1) is 11.6 Å². The van der Waals surface area contributed by atoms with Crippen molar-refractivity contribution in [3.8, 4) is 5.88 Å². The van der Waals surface area contributed by atoms with E-state index in [-0.39, 0.29) is 36.9 Å². The maximum Gasteiger partial charge on any atom is 0.433 e. The van der Waals surface area contributed by atoms with Gasteiger partial charge in [-0.25, -0.2) is 13.8 Å². The number of pyridine rings is 1. The van der Waals surface area contributed by atoms with Crippen LogP contribution in [-0.2, 0) is 17.4 Å². The van der Waals surface area contributed by atoms with Gasteiger partial charge in [0, 0.05) is 12.1 Å². The number of aromatic nitrogens is 1. The number of benzene rings is 1. The van der Waals surface area contributed by atoms with Gasteiger partial charge in [0.05, 0.1) is 19.5 Å². The van der Waals surface area contributed by atoms with E-state index in [1.807, 2.05) is 0 Å². The van der Waals surface area contributed by atoms with Crippen LogP contribution in [0.4, 0.5) is 22.0 Å². The molecule has 1 fully saturated rings. The highest BCUT2D eigenvalue weighted by molar-refractivity contribution is 5.79. The van der Waals surface area contributed by atoms with E-state index in [0.717, 1.165) is 12.1 Å². The van der Waals surface area contributed by atoms with Crippen molar-refractivity contribution in [2.24, 2.45) is 0 Å². The molecule has 1 aliphatic heterocycles. The molecule has 2 heterocycles. The average molecular weight is 372 g/mol. The van der Waals surface area contributed by atoms with Crippen molar-refractivity contribution in [2.45, 2.75) is 18.7 Å². The molecule has 9 heteroatoms. The summed E-state index contributed by atoms with van der Waals surface area (Å²) in [5, 5.41) is 0. The molecule has 138 valence electrons.